The Morgan fingerprint density at radius 1 is 1.13 bits per heavy atom. The summed E-state index contributed by atoms with van der Waals surface area (Å²) in [7, 11) is 0. The van der Waals surface area contributed by atoms with Crippen LogP contribution >= 0.6 is 27.7 Å². The van der Waals surface area contributed by atoms with Crippen molar-refractivity contribution in [1.29, 1.82) is 0 Å². The van der Waals surface area contributed by atoms with Crippen molar-refractivity contribution in [3.8, 4) is 17.2 Å². The van der Waals surface area contributed by atoms with Crippen molar-refractivity contribution in [3.05, 3.63) is 77.2 Å². The summed E-state index contributed by atoms with van der Waals surface area (Å²) >= 11 is 4.74. The molecule has 2 aromatic heterocycles. The number of aryl methyl sites for hydroxylation is 1. The molecule has 1 amide bonds. The van der Waals surface area contributed by atoms with E-state index in [1.807, 2.05) is 60.0 Å². The monoisotopic (exact) mass is 480 g/mol. The van der Waals surface area contributed by atoms with E-state index in [4.69, 9.17) is 0 Å². The number of nitrogens with one attached hydrogen (secondary N) is 1. The second-order valence-corrected chi connectivity index (χ2v) is 8.22. The quantitative estimate of drug-likeness (QED) is 0.408. The Hall–Kier alpha value is -3.04. The van der Waals surface area contributed by atoms with Gasteiger partial charge in [0.1, 0.15) is 5.69 Å². The fraction of sp³-hybridized carbons (Fsp3) is 0.0952. The predicted octanol–water partition coefficient (Wildman–Crippen LogP) is 4.53. The molecule has 0 saturated carbocycles. The first kappa shape index (κ1) is 20.2. The van der Waals surface area contributed by atoms with Gasteiger partial charge in [-0.15, -0.1) is 10.2 Å². The number of halogens is 1. The number of nitrogens with zero attached hydrogens (tertiary/aromatic N) is 5. The second kappa shape index (κ2) is 9.19. The van der Waals surface area contributed by atoms with Crippen LogP contribution in [0.25, 0.3) is 17.2 Å². The van der Waals surface area contributed by atoms with Crippen LogP contribution in [0.5, 0.6) is 0 Å². The molecule has 30 heavy (non-hydrogen) atoms. The third-order valence-corrected chi connectivity index (χ3v) is 5.66. The number of para-hydroxylation sites is 1. The van der Waals surface area contributed by atoms with Crippen LogP contribution in [0.1, 0.15) is 5.56 Å². The molecule has 1 N–H and O–H groups in total. The lowest BCUT2D eigenvalue weighted by molar-refractivity contribution is -0.113. The minimum absolute atomic E-state index is 0.117. The summed E-state index contributed by atoms with van der Waals surface area (Å²) in [4.78, 5) is 21.0. The van der Waals surface area contributed by atoms with Crippen LogP contribution in [0.15, 0.2) is 76.8 Å². The molecule has 0 aliphatic carbocycles. The number of carbonyl (C=O) groups is 1. The van der Waals surface area contributed by atoms with E-state index in [0.29, 0.717) is 16.7 Å². The average molecular weight is 481 g/mol. The molecule has 0 fully saturated rings. The van der Waals surface area contributed by atoms with E-state index in [0.717, 1.165) is 21.4 Å². The zero-order chi connectivity index (χ0) is 20.9. The molecule has 0 saturated heterocycles. The molecule has 0 unspecified atom stereocenters. The topological polar surface area (TPSA) is 85.6 Å². The van der Waals surface area contributed by atoms with Gasteiger partial charge in [0.05, 0.1) is 11.9 Å². The lowest BCUT2D eigenvalue weighted by atomic mass is 10.2. The minimum atomic E-state index is -0.117. The van der Waals surface area contributed by atoms with E-state index < -0.39 is 0 Å². The number of thioether (sulfide) groups is 1. The fourth-order valence-corrected chi connectivity index (χ4v) is 4.06. The molecule has 0 aliphatic heterocycles. The van der Waals surface area contributed by atoms with Gasteiger partial charge < -0.3 is 5.32 Å². The van der Waals surface area contributed by atoms with Crippen molar-refractivity contribution < 1.29 is 4.79 Å². The molecule has 7 nitrogen and oxygen atoms in total. The number of amides is 1. The smallest absolute Gasteiger partial charge is 0.234 e. The molecule has 2 heterocycles. The molecule has 2 aromatic carbocycles. The number of rotatable bonds is 6. The summed E-state index contributed by atoms with van der Waals surface area (Å²) in [6, 6.07) is 15.5. The van der Waals surface area contributed by atoms with Gasteiger partial charge in [-0.05, 0) is 42.8 Å². The van der Waals surface area contributed by atoms with Crippen molar-refractivity contribution in [3.63, 3.8) is 0 Å². The molecule has 0 aliphatic rings. The largest absolute Gasteiger partial charge is 0.325 e. The first-order valence-corrected chi connectivity index (χ1v) is 10.9. The van der Waals surface area contributed by atoms with Gasteiger partial charge in [0.2, 0.25) is 5.91 Å². The molecule has 150 valence electrons. The highest BCUT2D eigenvalue weighted by Gasteiger charge is 2.18. The normalized spacial score (nSPS) is 10.7. The van der Waals surface area contributed by atoms with E-state index in [9.17, 15) is 4.79 Å². The molecule has 4 rings (SSSR count). The number of benzene rings is 2. The first-order valence-electron chi connectivity index (χ1n) is 9.08. The number of hydrogen-bond acceptors (Lipinski definition) is 6. The lowest BCUT2D eigenvalue weighted by Gasteiger charge is -2.10. The second-order valence-electron chi connectivity index (χ2n) is 6.36. The SMILES string of the molecule is Cc1cc(Br)ccc1NC(=O)CSc1nnc(-c2cnccn2)n1-c1ccccc1. The van der Waals surface area contributed by atoms with Gasteiger partial charge in [-0.1, -0.05) is 45.9 Å². The van der Waals surface area contributed by atoms with E-state index >= 15 is 0 Å². The maximum absolute atomic E-state index is 12.5. The number of hydrogen-bond donors (Lipinski definition) is 1. The van der Waals surface area contributed by atoms with Gasteiger partial charge in [0.25, 0.3) is 0 Å². The zero-order valence-corrected chi connectivity index (χ0v) is 18.4. The van der Waals surface area contributed by atoms with Crippen LogP contribution in [0.2, 0.25) is 0 Å². The van der Waals surface area contributed by atoms with Gasteiger partial charge in [-0.25, -0.2) is 4.98 Å². The van der Waals surface area contributed by atoms with Crippen LogP contribution < -0.4 is 5.32 Å². The van der Waals surface area contributed by atoms with Crippen molar-refractivity contribution in [2.45, 2.75) is 12.1 Å². The van der Waals surface area contributed by atoms with E-state index in [1.165, 1.54) is 11.8 Å². The van der Waals surface area contributed by atoms with Crippen molar-refractivity contribution >= 4 is 39.3 Å². The fourth-order valence-electron chi connectivity index (χ4n) is 2.84. The molecule has 4 aromatic rings. The number of aromatic nitrogens is 5. The average Bonchev–Trinajstić information content (AvgIpc) is 3.19. The highest BCUT2D eigenvalue weighted by atomic mass is 79.9. The van der Waals surface area contributed by atoms with Crippen LogP contribution in [0.4, 0.5) is 5.69 Å². The molecular formula is C21H17BrN6OS. The van der Waals surface area contributed by atoms with Crippen LogP contribution in [0.3, 0.4) is 0 Å². The van der Waals surface area contributed by atoms with E-state index in [-0.39, 0.29) is 11.7 Å². The maximum atomic E-state index is 12.5. The zero-order valence-electron chi connectivity index (χ0n) is 16.0. The lowest BCUT2D eigenvalue weighted by Crippen LogP contribution is -2.15. The summed E-state index contributed by atoms with van der Waals surface area (Å²) in [5.41, 5.74) is 3.26. The first-order chi connectivity index (χ1) is 14.6. The molecule has 0 bridgehead atoms. The van der Waals surface area contributed by atoms with Crippen LogP contribution in [0, 0.1) is 6.92 Å². The summed E-state index contributed by atoms with van der Waals surface area (Å²) in [6.45, 7) is 1.95. The molecule has 0 radical (unpaired) electrons. The van der Waals surface area contributed by atoms with Gasteiger partial charge in [-0.2, -0.15) is 0 Å². The summed E-state index contributed by atoms with van der Waals surface area (Å²) < 4.78 is 2.85. The van der Waals surface area contributed by atoms with Gasteiger partial charge >= 0.3 is 0 Å². The Labute approximate surface area is 186 Å². The Balaban J connectivity index is 1.57. The van der Waals surface area contributed by atoms with Crippen LogP contribution in [-0.4, -0.2) is 36.4 Å². The molecule has 0 spiro atoms. The van der Waals surface area contributed by atoms with E-state index in [1.54, 1.807) is 18.6 Å². The van der Waals surface area contributed by atoms with Gasteiger partial charge in [0, 0.05) is 28.2 Å². The van der Waals surface area contributed by atoms with Gasteiger partial charge in [0.15, 0.2) is 11.0 Å². The third-order valence-electron chi connectivity index (χ3n) is 4.23. The van der Waals surface area contributed by atoms with E-state index in [2.05, 4.69) is 41.4 Å². The Morgan fingerprint density at radius 3 is 2.70 bits per heavy atom. The summed E-state index contributed by atoms with van der Waals surface area (Å²) in [5.74, 6) is 0.649. The highest BCUT2D eigenvalue weighted by Crippen LogP contribution is 2.27. The molecular weight excluding hydrogens is 464 g/mol. The number of carbonyl (C=O) groups excluding carboxylic acids is 1. The highest BCUT2D eigenvalue weighted by molar-refractivity contribution is 9.10. The Kier molecular flexibility index (Phi) is 6.20. The maximum Gasteiger partial charge on any atom is 0.234 e. The standard InChI is InChI=1S/C21H17BrN6OS/c1-14-11-15(22)7-8-17(14)25-19(29)13-30-21-27-26-20(18-12-23-9-10-24-18)28(21)16-5-3-2-4-6-16/h2-12H,13H2,1H3,(H,25,29). The van der Waals surface area contributed by atoms with Crippen molar-refractivity contribution in [2.24, 2.45) is 0 Å². The van der Waals surface area contributed by atoms with Gasteiger partial charge in [-0.3, -0.25) is 14.3 Å². The Morgan fingerprint density at radius 2 is 1.97 bits per heavy atom. The van der Waals surface area contributed by atoms with Crippen molar-refractivity contribution in [1.82, 2.24) is 24.7 Å². The summed E-state index contributed by atoms with van der Waals surface area (Å²) in [6.07, 6.45) is 4.86. The molecule has 9 heteroatoms. The summed E-state index contributed by atoms with van der Waals surface area (Å²) in [5, 5.41) is 12.1. The number of anilines is 1. The molecule has 0 atom stereocenters. The van der Waals surface area contributed by atoms with Crippen LogP contribution in [-0.2, 0) is 4.79 Å². The third kappa shape index (κ3) is 4.58. The van der Waals surface area contributed by atoms with Crippen molar-refractivity contribution in [2.75, 3.05) is 11.1 Å². The minimum Gasteiger partial charge on any atom is -0.325 e. The Bertz CT molecular complexity index is 1170. The predicted molar refractivity (Wildman–Crippen MR) is 121 cm³/mol.